The summed E-state index contributed by atoms with van der Waals surface area (Å²) in [5.41, 5.74) is 0. The van der Waals surface area contributed by atoms with Crippen molar-refractivity contribution in [2.45, 2.75) is 25.7 Å². The fourth-order valence-corrected chi connectivity index (χ4v) is 2.03. The summed E-state index contributed by atoms with van der Waals surface area (Å²) < 4.78 is 1.23. The summed E-state index contributed by atoms with van der Waals surface area (Å²) in [6.07, 6.45) is 5.29. The minimum atomic E-state index is 0. The minimum Gasteiger partial charge on any atom is -1.00 e. The Bertz CT molecular complexity index is 127. The van der Waals surface area contributed by atoms with Gasteiger partial charge >= 0.3 is 0 Å². The van der Waals surface area contributed by atoms with E-state index in [1.807, 2.05) is 0 Å². The minimum absolute atomic E-state index is 0. The zero-order valence-corrected chi connectivity index (χ0v) is 10.1. The van der Waals surface area contributed by atoms with Crippen LogP contribution in [0.15, 0.2) is 0 Å². The Morgan fingerprint density at radius 2 is 1.85 bits per heavy atom. The molecule has 0 atom stereocenters. The lowest BCUT2D eigenvalue weighted by atomic mass is 11.0. The third-order valence-electron chi connectivity index (χ3n) is 2.86. The molecule has 0 aliphatic carbocycles. The van der Waals surface area contributed by atoms with Gasteiger partial charge in [0.05, 0.1) is 33.3 Å². The summed E-state index contributed by atoms with van der Waals surface area (Å²) in [6.45, 7) is 4.60. The maximum Gasteiger partial charge on any atom is 0.0807 e. The summed E-state index contributed by atoms with van der Waals surface area (Å²) in [4.78, 5) is 4.57. The van der Waals surface area contributed by atoms with Gasteiger partial charge in [0.1, 0.15) is 0 Å². The number of piperidine rings is 1. The van der Waals surface area contributed by atoms with Crippen LogP contribution in [0.25, 0.3) is 0 Å². The van der Waals surface area contributed by atoms with Gasteiger partial charge in [-0.1, -0.05) is 0 Å². The molecule has 0 aromatic heterocycles. The predicted molar refractivity (Wildman–Crippen MR) is 49.4 cm³/mol. The summed E-state index contributed by atoms with van der Waals surface area (Å²) in [7, 11) is 2.34. The van der Waals surface area contributed by atoms with E-state index < -0.39 is 0 Å². The Morgan fingerprint density at radius 1 is 1.23 bits per heavy atom. The largest absolute Gasteiger partial charge is 1.00 e. The highest BCUT2D eigenvalue weighted by Gasteiger charge is 2.23. The van der Waals surface area contributed by atoms with Gasteiger partial charge in [-0.25, -0.2) is 5.90 Å². The van der Waals surface area contributed by atoms with E-state index in [4.69, 9.17) is 5.90 Å². The first kappa shape index (κ1) is 13.4. The van der Waals surface area contributed by atoms with E-state index in [1.165, 1.54) is 43.4 Å². The monoisotopic (exact) mass is 261 g/mol. The summed E-state index contributed by atoms with van der Waals surface area (Å²) >= 11 is 0. The van der Waals surface area contributed by atoms with Crippen molar-refractivity contribution in [3.63, 3.8) is 0 Å². The van der Waals surface area contributed by atoms with Crippen LogP contribution in [0.3, 0.4) is 0 Å². The van der Waals surface area contributed by atoms with Crippen molar-refractivity contribution in [1.29, 1.82) is 0 Å². The first-order valence-electron chi connectivity index (χ1n) is 4.92. The molecule has 0 aromatic carbocycles. The molecule has 0 spiro atoms. The molecule has 0 amide bonds. The van der Waals surface area contributed by atoms with E-state index >= 15 is 0 Å². The average Bonchev–Trinajstić information content (AvgIpc) is 2.06. The van der Waals surface area contributed by atoms with Crippen LogP contribution >= 0.6 is 0 Å². The molecule has 1 heterocycles. The Hall–Kier alpha value is 0.360. The number of likely N-dealkylation sites (tertiary alicyclic amines) is 1. The Kier molecular flexibility index (Phi) is 6.95. The van der Waals surface area contributed by atoms with Crippen molar-refractivity contribution in [3.8, 4) is 0 Å². The Balaban J connectivity index is 0.00000144. The molecular formula is C9H21BrN2O. The highest BCUT2D eigenvalue weighted by molar-refractivity contribution is 4.51. The topological polar surface area (TPSA) is 35.2 Å². The lowest BCUT2D eigenvalue weighted by Gasteiger charge is -2.37. The standard InChI is InChI=1S/C9H21N2O.BrH/c1-11(8-5-9-12-10)6-3-2-4-7-11;/h2-10H2,1H3;1H/q+1;/p-1/i1+1,2+1,3+1,4+1,5+1,6+1,7+1,8+1,9+1;. The van der Waals surface area contributed by atoms with Crippen LogP contribution in [0.1, 0.15) is 25.7 Å². The molecule has 13 heavy (non-hydrogen) atoms. The van der Waals surface area contributed by atoms with Gasteiger partial charge in [0.15, 0.2) is 0 Å². The van der Waals surface area contributed by atoms with Crippen LogP contribution < -0.4 is 22.9 Å². The normalized spacial score (nSPS) is 20.8. The molecule has 1 saturated heterocycles. The summed E-state index contributed by atoms with van der Waals surface area (Å²) in [5, 5.41) is 0. The maximum absolute atomic E-state index is 4.98. The molecular weight excluding hydrogens is 241 g/mol. The third-order valence-corrected chi connectivity index (χ3v) is 2.86. The van der Waals surface area contributed by atoms with Gasteiger partial charge in [-0.2, -0.15) is 0 Å². The van der Waals surface area contributed by atoms with Gasteiger partial charge in [0.2, 0.25) is 0 Å². The average molecular weight is 262 g/mol. The fraction of sp³-hybridized carbons (Fsp3) is 1.00. The van der Waals surface area contributed by atoms with Crippen LogP contribution in [-0.4, -0.2) is 37.8 Å². The number of halogens is 1. The predicted octanol–water partition coefficient (Wildman–Crippen LogP) is -2.10. The Labute approximate surface area is 91.5 Å². The molecule has 80 valence electrons. The van der Waals surface area contributed by atoms with Crippen LogP contribution in [0.4, 0.5) is 0 Å². The van der Waals surface area contributed by atoms with Gasteiger partial charge in [0, 0.05) is 6.42 Å². The van der Waals surface area contributed by atoms with E-state index in [9.17, 15) is 0 Å². The molecule has 0 unspecified atom stereocenters. The van der Waals surface area contributed by atoms with Crippen molar-refractivity contribution < 1.29 is 26.3 Å². The van der Waals surface area contributed by atoms with Crippen LogP contribution in [0.5, 0.6) is 0 Å². The molecule has 3 nitrogen and oxygen atoms in total. The molecule has 1 rings (SSSR count). The second kappa shape index (κ2) is 6.76. The second-order valence-electron chi connectivity index (χ2n) is 4.08. The summed E-state index contributed by atoms with van der Waals surface area (Å²) in [6, 6.07) is 0. The van der Waals surface area contributed by atoms with Crippen molar-refractivity contribution in [2.24, 2.45) is 5.90 Å². The molecule has 0 radical (unpaired) electrons. The van der Waals surface area contributed by atoms with E-state index in [-0.39, 0.29) is 17.0 Å². The first-order valence-corrected chi connectivity index (χ1v) is 4.92. The van der Waals surface area contributed by atoms with E-state index in [0.29, 0.717) is 6.61 Å². The smallest absolute Gasteiger partial charge is 0.0807 e. The number of nitrogens with zero attached hydrogens (tertiary/aromatic N) is 1. The highest BCUT2D eigenvalue weighted by Crippen LogP contribution is 2.16. The summed E-state index contributed by atoms with van der Waals surface area (Å²) in [5.74, 6) is 4.98. The van der Waals surface area contributed by atoms with Gasteiger partial charge in [0.25, 0.3) is 0 Å². The third kappa shape index (κ3) is 4.96. The molecule has 2 N–H and O–H groups in total. The number of nitrogens with two attached hydrogens (primary N) is 1. The molecule has 0 aromatic rings. The molecule has 1 fully saturated rings. The number of hydrogen-bond acceptors (Lipinski definition) is 2. The van der Waals surface area contributed by atoms with E-state index in [2.05, 4.69) is 11.9 Å². The van der Waals surface area contributed by atoms with Crippen molar-refractivity contribution in [2.75, 3.05) is 33.3 Å². The van der Waals surface area contributed by atoms with E-state index in [0.717, 1.165) is 6.42 Å². The Morgan fingerprint density at radius 3 is 2.38 bits per heavy atom. The molecule has 4 heteroatoms. The highest BCUT2D eigenvalue weighted by atomic mass is 79.9. The van der Waals surface area contributed by atoms with Gasteiger partial charge in [-0.3, -0.25) is 0 Å². The van der Waals surface area contributed by atoms with Crippen LogP contribution in [0.2, 0.25) is 0 Å². The molecule has 1 aliphatic heterocycles. The molecule has 0 bridgehead atoms. The number of rotatable bonds is 4. The fourth-order valence-electron chi connectivity index (χ4n) is 2.03. The maximum atomic E-state index is 4.98. The molecule has 0 saturated carbocycles. The van der Waals surface area contributed by atoms with Gasteiger partial charge in [-0.05, 0) is 19.3 Å². The lowest BCUT2D eigenvalue weighted by Crippen LogP contribution is -3.00. The van der Waals surface area contributed by atoms with Crippen molar-refractivity contribution in [3.05, 3.63) is 0 Å². The van der Waals surface area contributed by atoms with E-state index in [1.54, 1.807) is 0 Å². The first-order chi connectivity index (χ1) is 5.77. The SMILES string of the molecule is [13CH3][N+]1([13CH2][13CH2][13CH2]ON)[13CH2][13CH2][13CH2][13CH2][13CH2]1.[Br-]. The van der Waals surface area contributed by atoms with Crippen LogP contribution in [0, 0.1) is 0 Å². The number of hydrogen-bond donors (Lipinski definition) is 1. The zero-order chi connectivity index (χ0) is 8.86. The van der Waals surface area contributed by atoms with Crippen molar-refractivity contribution >= 4 is 0 Å². The lowest BCUT2D eigenvalue weighted by molar-refractivity contribution is -0.914. The van der Waals surface area contributed by atoms with Gasteiger partial charge in [-0.15, -0.1) is 0 Å². The van der Waals surface area contributed by atoms with Gasteiger partial charge < -0.3 is 26.3 Å². The van der Waals surface area contributed by atoms with Crippen molar-refractivity contribution in [1.82, 2.24) is 0 Å². The zero-order valence-electron chi connectivity index (χ0n) is 8.47. The number of quaternary nitrogens is 1. The van der Waals surface area contributed by atoms with Crippen LogP contribution in [-0.2, 0) is 4.84 Å². The molecule has 1 aliphatic rings. The second-order valence-corrected chi connectivity index (χ2v) is 4.08. The quantitative estimate of drug-likeness (QED) is 0.273.